The van der Waals surface area contributed by atoms with Crippen molar-refractivity contribution in [1.29, 1.82) is 0 Å². The van der Waals surface area contributed by atoms with Crippen molar-refractivity contribution in [2.24, 2.45) is 5.18 Å². The van der Waals surface area contributed by atoms with Crippen molar-refractivity contribution in [3.63, 3.8) is 0 Å². The van der Waals surface area contributed by atoms with Crippen LogP contribution in [-0.4, -0.2) is 29.3 Å². The number of benzene rings is 1. The number of carbonyl (C=O) groups excluding carboxylic acids is 2. The number of rotatable bonds is 7. The third-order valence-electron chi connectivity index (χ3n) is 3.24. The molecule has 0 atom stereocenters. The number of ether oxygens (including phenoxy) is 1. The molecule has 1 amide bonds. The van der Waals surface area contributed by atoms with E-state index in [9.17, 15) is 14.5 Å². The molecule has 2 aromatic rings. The number of nitrogens with one attached hydrogen (secondary N) is 1. The van der Waals surface area contributed by atoms with Gasteiger partial charge < -0.3 is 10.1 Å². The molecule has 0 aliphatic rings. The van der Waals surface area contributed by atoms with Crippen LogP contribution in [0.4, 0.5) is 5.69 Å². The summed E-state index contributed by atoms with van der Waals surface area (Å²) in [6, 6.07) is 8.78. The van der Waals surface area contributed by atoms with Crippen LogP contribution in [0.3, 0.4) is 0 Å². The lowest BCUT2D eigenvalue weighted by molar-refractivity contribution is -0.116. The Kier molecular flexibility index (Phi) is 5.94. The third-order valence-corrected chi connectivity index (χ3v) is 3.24. The van der Waals surface area contributed by atoms with Gasteiger partial charge in [0.2, 0.25) is 0 Å². The van der Waals surface area contributed by atoms with Gasteiger partial charge in [-0.2, -0.15) is 0 Å². The maximum Gasteiger partial charge on any atom is 0.272 e. The first kappa shape index (κ1) is 18.3. The predicted molar refractivity (Wildman–Crippen MR) is 93.9 cm³/mol. The molecule has 25 heavy (non-hydrogen) atoms. The molecule has 0 unspecified atom stereocenters. The maximum atomic E-state index is 12.0. The van der Waals surface area contributed by atoms with E-state index in [4.69, 9.17) is 4.74 Å². The minimum atomic E-state index is -0.614. The van der Waals surface area contributed by atoms with Crippen LogP contribution in [0.5, 0.6) is 5.75 Å². The average molecular weight is 341 g/mol. The highest BCUT2D eigenvalue weighted by molar-refractivity contribution is 5.99. The number of nitroso groups, excluding NO2 is 1. The summed E-state index contributed by atoms with van der Waals surface area (Å²) >= 11 is 0. The van der Waals surface area contributed by atoms with Gasteiger partial charge in [-0.25, -0.2) is 4.98 Å². The average Bonchev–Trinajstić information content (AvgIpc) is 2.59. The van der Waals surface area contributed by atoms with Crippen LogP contribution in [0.25, 0.3) is 11.1 Å². The van der Waals surface area contributed by atoms with E-state index in [1.807, 2.05) is 38.1 Å². The highest BCUT2D eigenvalue weighted by atomic mass is 16.5. The zero-order valence-electron chi connectivity index (χ0n) is 14.3. The summed E-state index contributed by atoms with van der Waals surface area (Å²) in [5.74, 6) is -0.0769. The largest absolute Gasteiger partial charge is 0.491 e. The first-order chi connectivity index (χ1) is 11.9. The number of pyridine rings is 1. The minimum absolute atomic E-state index is 0.0752. The van der Waals surface area contributed by atoms with E-state index in [0.717, 1.165) is 11.3 Å². The SMILES string of the molecule is CC(=O)CNC(=O)c1ncc(-c2ccc(OC(C)C)cc2)cc1N=O. The van der Waals surface area contributed by atoms with E-state index in [2.05, 4.69) is 15.5 Å². The highest BCUT2D eigenvalue weighted by Crippen LogP contribution is 2.27. The van der Waals surface area contributed by atoms with Crippen molar-refractivity contribution in [3.05, 3.63) is 47.1 Å². The number of amides is 1. The Bertz CT molecular complexity index is 785. The van der Waals surface area contributed by atoms with E-state index in [1.165, 1.54) is 19.2 Å². The van der Waals surface area contributed by atoms with Crippen molar-refractivity contribution < 1.29 is 14.3 Å². The van der Waals surface area contributed by atoms with Gasteiger partial charge in [-0.15, -0.1) is 4.91 Å². The van der Waals surface area contributed by atoms with Gasteiger partial charge in [0.1, 0.15) is 17.2 Å². The van der Waals surface area contributed by atoms with Gasteiger partial charge in [0.05, 0.1) is 12.6 Å². The van der Waals surface area contributed by atoms with Crippen molar-refractivity contribution in [2.75, 3.05) is 6.54 Å². The Hall–Kier alpha value is -3.09. The molecule has 7 nitrogen and oxygen atoms in total. The Morgan fingerprint density at radius 1 is 1.20 bits per heavy atom. The van der Waals surface area contributed by atoms with Crippen LogP contribution < -0.4 is 10.1 Å². The molecule has 0 aliphatic heterocycles. The lowest BCUT2D eigenvalue weighted by Gasteiger charge is -2.10. The maximum absolute atomic E-state index is 12.0. The van der Waals surface area contributed by atoms with Crippen molar-refractivity contribution in [3.8, 4) is 16.9 Å². The summed E-state index contributed by atoms with van der Waals surface area (Å²) < 4.78 is 5.58. The summed E-state index contributed by atoms with van der Waals surface area (Å²) in [6.07, 6.45) is 1.56. The number of hydrogen-bond acceptors (Lipinski definition) is 6. The number of hydrogen-bond donors (Lipinski definition) is 1. The van der Waals surface area contributed by atoms with Gasteiger partial charge >= 0.3 is 0 Å². The van der Waals surface area contributed by atoms with Gasteiger partial charge in [-0.3, -0.25) is 9.59 Å². The smallest absolute Gasteiger partial charge is 0.272 e. The summed E-state index contributed by atoms with van der Waals surface area (Å²) in [5, 5.41) is 5.27. The Morgan fingerprint density at radius 2 is 1.88 bits per heavy atom. The Labute approximate surface area is 145 Å². The first-order valence-electron chi connectivity index (χ1n) is 7.79. The summed E-state index contributed by atoms with van der Waals surface area (Å²) in [7, 11) is 0. The van der Waals surface area contributed by atoms with Crippen LogP contribution in [0, 0.1) is 4.91 Å². The molecule has 1 heterocycles. The highest BCUT2D eigenvalue weighted by Gasteiger charge is 2.15. The number of carbonyl (C=O) groups is 2. The molecule has 0 fully saturated rings. The second kappa shape index (κ2) is 8.14. The van der Waals surface area contributed by atoms with Gasteiger partial charge in [0.25, 0.3) is 5.91 Å². The van der Waals surface area contributed by atoms with Crippen LogP contribution in [0.2, 0.25) is 0 Å². The zero-order chi connectivity index (χ0) is 18.4. The minimum Gasteiger partial charge on any atom is -0.491 e. The molecule has 0 bridgehead atoms. The molecule has 2 rings (SSSR count). The monoisotopic (exact) mass is 341 g/mol. The van der Waals surface area contributed by atoms with Crippen LogP contribution in [0.1, 0.15) is 31.3 Å². The molecule has 1 N–H and O–H groups in total. The summed E-state index contributed by atoms with van der Waals surface area (Å²) in [6.45, 7) is 5.10. The molecule has 0 aliphatic carbocycles. The number of nitrogens with zero attached hydrogens (tertiary/aromatic N) is 2. The predicted octanol–water partition coefficient (Wildman–Crippen LogP) is 3.25. The van der Waals surface area contributed by atoms with E-state index < -0.39 is 5.91 Å². The van der Waals surface area contributed by atoms with Gasteiger partial charge in [-0.05, 0) is 49.7 Å². The molecule has 7 heteroatoms. The first-order valence-corrected chi connectivity index (χ1v) is 7.79. The van der Waals surface area contributed by atoms with Crippen LogP contribution in [0.15, 0.2) is 41.7 Å². The fourth-order valence-electron chi connectivity index (χ4n) is 2.14. The second-order valence-corrected chi connectivity index (χ2v) is 5.76. The second-order valence-electron chi connectivity index (χ2n) is 5.76. The Balaban J connectivity index is 2.24. The summed E-state index contributed by atoms with van der Waals surface area (Å²) in [4.78, 5) is 38.0. The normalized spacial score (nSPS) is 10.4. The molecule has 1 aromatic carbocycles. The van der Waals surface area contributed by atoms with Gasteiger partial charge in [0.15, 0.2) is 5.69 Å². The fourth-order valence-corrected chi connectivity index (χ4v) is 2.14. The van der Waals surface area contributed by atoms with Crippen molar-refractivity contribution >= 4 is 17.4 Å². The van der Waals surface area contributed by atoms with Crippen LogP contribution >= 0.6 is 0 Å². The van der Waals surface area contributed by atoms with Crippen molar-refractivity contribution in [2.45, 2.75) is 26.9 Å². The molecule has 0 radical (unpaired) electrons. The number of Topliss-reactive ketones (excluding diaryl/α,β-unsaturated/α-hetero) is 1. The lowest BCUT2D eigenvalue weighted by atomic mass is 10.1. The Morgan fingerprint density at radius 3 is 2.44 bits per heavy atom. The standard InChI is InChI=1S/C18H19N3O4/c1-11(2)25-15-6-4-13(5-7-15)14-8-16(21-24)17(19-10-14)18(23)20-9-12(3)22/h4-8,10-11H,9H2,1-3H3,(H,20,23). The van der Waals surface area contributed by atoms with Gasteiger partial charge in [0, 0.05) is 11.8 Å². The molecular weight excluding hydrogens is 322 g/mol. The van der Waals surface area contributed by atoms with E-state index >= 15 is 0 Å². The molecule has 1 aromatic heterocycles. The third kappa shape index (κ3) is 4.94. The zero-order valence-corrected chi connectivity index (χ0v) is 14.3. The molecular formula is C18H19N3O4. The van der Waals surface area contributed by atoms with Crippen molar-refractivity contribution in [1.82, 2.24) is 10.3 Å². The van der Waals surface area contributed by atoms with Crippen LogP contribution in [-0.2, 0) is 4.79 Å². The molecule has 0 spiro atoms. The number of ketones is 1. The fraction of sp³-hybridized carbons (Fsp3) is 0.278. The topological polar surface area (TPSA) is 97.7 Å². The quantitative estimate of drug-likeness (QED) is 0.780. The van der Waals surface area contributed by atoms with E-state index in [-0.39, 0.29) is 29.8 Å². The molecule has 0 saturated carbocycles. The van der Waals surface area contributed by atoms with E-state index in [0.29, 0.717) is 5.56 Å². The molecule has 0 saturated heterocycles. The number of aromatic nitrogens is 1. The lowest BCUT2D eigenvalue weighted by Crippen LogP contribution is -2.29. The van der Waals surface area contributed by atoms with Gasteiger partial charge in [-0.1, -0.05) is 12.1 Å². The van der Waals surface area contributed by atoms with E-state index in [1.54, 1.807) is 0 Å². The summed E-state index contributed by atoms with van der Waals surface area (Å²) in [5.41, 5.74) is 1.26. The molecule has 130 valence electrons.